The Hall–Kier alpha value is -3.40. The number of aromatic nitrogens is 1. The quantitative estimate of drug-likeness (QED) is 0.456. The van der Waals surface area contributed by atoms with E-state index >= 15 is 0 Å². The van der Waals surface area contributed by atoms with Gasteiger partial charge in [0.15, 0.2) is 0 Å². The fourth-order valence-corrected chi connectivity index (χ4v) is 4.62. The minimum Gasteiger partial charge on any atom is -0.287 e. The molecule has 1 heterocycles. The van der Waals surface area contributed by atoms with Crippen LogP contribution in [0.15, 0.2) is 89.8 Å². The first kappa shape index (κ1) is 20.3. The molecule has 7 heteroatoms. The van der Waals surface area contributed by atoms with Crippen LogP contribution in [0.4, 0.5) is 0 Å². The van der Waals surface area contributed by atoms with E-state index in [0.717, 1.165) is 3.97 Å². The Balaban J connectivity index is 0.00000240. The number of halogens is 1. The van der Waals surface area contributed by atoms with Gasteiger partial charge in [-0.15, -0.1) is 12.4 Å². The van der Waals surface area contributed by atoms with E-state index in [-0.39, 0.29) is 23.0 Å². The van der Waals surface area contributed by atoms with Crippen LogP contribution >= 0.6 is 12.4 Å². The van der Waals surface area contributed by atoms with Crippen molar-refractivity contribution >= 4 is 39.1 Å². The summed E-state index contributed by atoms with van der Waals surface area (Å²) < 4.78 is 27.8. The van der Waals surface area contributed by atoms with E-state index in [4.69, 9.17) is 5.26 Å². The molecular weight excluding hydrogens is 408 g/mol. The minimum absolute atomic E-state index is 0. The molecule has 0 aliphatic carbocycles. The smallest absolute Gasteiger partial charge is 0.268 e. The Kier molecular flexibility index (Phi) is 5.55. The van der Waals surface area contributed by atoms with Gasteiger partial charge in [0, 0.05) is 10.9 Å². The third-order valence-corrected chi connectivity index (χ3v) is 6.20. The van der Waals surface area contributed by atoms with Crippen molar-refractivity contribution in [3.63, 3.8) is 0 Å². The predicted octanol–water partition coefficient (Wildman–Crippen LogP) is 4.40. The van der Waals surface area contributed by atoms with Crippen LogP contribution in [-0.2, 0) is 10.0 Å². The van der Waals surface area contributed by atoms with Crippen LogP contribution in [0.3, 0.4) is 0 Å². The van der Waals surface area contributed by atoms with Crippen molar-refractivity contribution in [2.75, 3.05) is 0 Å². The molecule has 0 atom stereocenters. The highest BCUT2D eigenvalue weighted by molar-refractivity contribution is 7.90. The molecule has 4 aromatic rings. The zero-order valence-corrected chi connectivity index (χ0v) is 16.7. The van der Waals surface area contributed by atoms with E-state index in [1.165, 1.54) is 36.4 Å². The van der Waals surface area contributed by atoms with Gasteiger partial charge in [-0.25, -0.2) is 12.4 Å². The molecule has 1 aromatic heterocycles. The monoisotopic (exact) mass is 422 g/mol. The Labute approximate surface area is 174 Å². The summed E-state index contributed by atoms with van der Waals surface area (Å²) in [7, 11) is -3.98. The molecule has 0 aliphatic heterocycles. The molecule has 0 fully saturated rings. The highest BCUT2D eigenvalue weighted by atomic mass is 35.5. The summed E-state index contributed by atoms with van der Waals surface area (Å²) in [6, 6.07) is 24.7. The number of para-hydroxylation sites is 1. The van der Waals surface area contributed by atoms with Crippen molar-refractivity contribution in [2.45, 2.75) is 4.90 Å². The molecule has 3 aromatic carbocycles. The largest absolute Gasteiger partial charge is 0.287 e. The summed E-state index contributed by atoms with van der Waals surface area (Å²) in [6.07, 6.45) is 0. The number of rotatable bonds is 4. The predicted molar refractivity (Wildman–Crippen MR) is 113 cm³/mol. The number of carbonyl (C=O) groups excluding carboxylic acids is 1. The van der Waals surface area contributed by atoms with E-state index in [1.807, 2.05) is 6.07 Å². The van der Waals surface area contributed by atoms with Crippen molar-refractivity contribution in [1.82, 2.24) is 3.97 Å². The second-order valence-corrected chi connectivity index (χ2v) is 7.98. The van der Waals surface area contributed by atoms with Gasteiger partial charge in [-0.2, -0.15) is 5.26 Å². The molecule has 5 nitrogen and oxygen atoms in total. The number of hydrogen-bond acceptors (Lipinski definition) is 4. The molecule has 0 bridgehead atoms. The van der Waals surface area contributed by atoms with E-state index in [2.05, 4.69) is 0 Å². The van der Waals surface area contributed by atoms with Crippen molar-refractivity contribution in [1.29, 1.82) is 5.26 Å². The number of hydrogen-bond donors (Lipinski definition) is 0. The maximum atomic E-state index is 13.3. The van der Waals surface area contributed by atoms with Crippen molar-refractivity contribution in [3.8, 4) is 6.07 Å². The van der Waals surface area contributed by atoms with Crippen LogP contribution < -0.4 is 0 Å². The number of benzene rings is 3. The first-order valence-corrected chi connectivity index (χ1v) is 9.92. The SMILES string of the molecule is Cl.N#Cc1ccc(C(=O)c2cc3ccccc3n2S(=O)(=O)c2ccccc2)cc1. The van der Waals surface area contributed by atoms with Crippen molar-refractivity contribution in [2.24, 2.45) is 0 Å². The molecule has 0 spiro atoms. The lowest BCUT2D eigenvalue weighted by Gasteiger charge is -2.11. The van der Waals surface area contributed by atoms with Crippen LogP contribution in [0.2, 0.25) is 0 Å². The molecule has 0 saturated carbocycles. The molecule has 29 heavy (non-hydrogen) atoms. The second kappa shape index (κ2) is 7.92. The molecule has 4 rings (SSSR count). The zero-order chi connectivity index (χ0) is 19.7. The van der Waals surface area contributed by atoms with Crippen LogP contribution in [0.1, 0.15) is 21.6 Å². The van der Waals surface area contributed by atoms with Crippen LogP contribution in [0.25, 0.3) is 10.9 Å². The Morgan fingerprint density at radius 3 is 2.14 bits per heavy atom. The minimum atomic E-state index is -3.98. The average Bonchev–Trinajstić information content (AvgIpc) is 3.14. The van der Waals surface area contributed by atoms with Crippen LogP contribution in [0, 0.1) is 11.3 Å². The van der Waals surface area contributed by atoms with Gasteiger partial charge < -0.3 is 0 Å². The highest BCUT2D eigenvalue weighted by Gasteiger charge is 2.26. The second-order valence-electron chi connectivity index (χ2n) is 6.19. The summed E-state index contributed by atoms with van der Waals surface area (Å²) in [5.41, 5.74) is 1.22. The van der Waals surface area contributed by atoms with Crippen LogP contribution in [-0.4, -0.2) is 18.2 Å². The molecule has 144 valence electrons. The maximum Gasteiger partial charge on any atom is 0.268 e. The van der Waals surface area contributed by atoms with Gasteiger partial charge in [-0.05, 0) is 48.5 Å². The lowest BCUT2D eigenvalue weighted by atomic mass is 10.1. The third kappa shape index (κ3) is 3.54. The van der Waals surface area contributed by atoms with E-state index in [1.54, 1.807) is 48.5 Å². The van der Waals surface area contributed by atoms with E-state index in [9.17, 15) is 13.2 Å². The molecule has 0 N–H and O–H groups in total. The van der Waals surface area contributed by atoms with Gasteiger partial charge >= 0.3 is 0 Å². The lowest BCUT2D eigenvalue weighted by molar-refractivity contribution is 0.103. The summed E-state index contributed by atoms with van der Waals surface area (Å²) in [5.74, 6) is -0.430. The summed E-state index contributed by atoms with van der Waals surface area (Å²) in [6.45, 7) is 0. The molecular formula is C22H15ClN2O3S. The zero-order valence-electron chi connectivity index (χ0n) is 15.0. The topological polar surface area (TPSA) is 79.9 Å². The van der Waals surface area contributed by atoms with Gasteiger partial charge in [0.1, 0.15) is 5.69 Å². The number of nitriles is 1. The maximum absolute atomic E-state index is 13.3. The molecule has 0 radical (unpaired) electrons. The summed E-state index contributed by atoms with van der Waals surface area (Å²) in [4.78, 5) is 13.2. The molecule has 0 unspecified atom stereocenters. The normalized spacial score (nSPS) is 10.9. The number of nitrogens with zero attached hydrogens (tertiary/aromatic N) is 2. The van der Waals surface area contributed by atoms with Crippen LogP contribution in [0.5, 0.6) is 0 Å². The van der Waals surface area contributed by atoms with Gasteiger partial charge in [0.25, 0.3) is 10.0 Å². The molecule has 0 saturated heterocycles. The standard InChI is InChI=1S/C22H14N2O3S.ClH/c23-15-16-10-12-17(13-11-16)22(25)21-14-18-6-4-5-9-20(18)24(21)28(26,27)19-7-2-1-3-8-19;/h1-14H;1H. The van der Waals surface area contributed by atoms with Gasteiger partial charge in [-0.3, -0.25) is 4.79 Å². The Bertz CT molecular complexity index is 1340. The molecule has 0 aliphatic rings. The fraction of sp³-hybridized carbons (Fsp3) is 0. The third-order valence-electron chi connectivity index (χ3n) is 4.46. The Morgan fingerprint density at radius 2 is 1.48 bits per heavy atom. The lowest BCUT2D eigenvalue weighted by Crippen LogP contribution is -2.19. The summed E-state index contributed by atoms with van der Waals surface area (Å²) in [5, 5.41) is 9.59. The first-order chi connectivity index (χ1) is 13.5. The first-order valence-electron chi connectivity index (χ1n) is 8.48. The summed E-state index contributed by atoms with van der Waals surface area (Å²) >= 11 is 0. The molecule has 0 amide bonds. The van der Waals surface area contributed by atoms with Gasteiger partial charge in [0.2, 0.25) is 5.78 Å². The van der Waals surface area contributed by atoms with Gasteiger partial charge in [0.05, 0.1) is 22.0 Å². The van der Waals surface area contributed by atoms with E-state index in [0.29, 0.717) is 22.0 Å². The fourth-order valence-electron chi connectivity index (χ4n) is 3.09. The number of fused-ring (bicyclic) bond motifs is 1. The Morgan fingerprint density at radius 1 is 0.862 bits per heavy atom. The average molecular weight is 423 g/mol. The number of carbonyl (C=O) groups is 1. The van der Waals surface area contributed by atoms with E-state index < -0.39 is 15.8 Å². The van der Waals surface area contributed by atoms with Crippen molar-refractivity contribution in [3.05, 3.63) is 102 Å². The number of ketones is 1. The highest BCUT2D eigenvalue weighted by Crippen LogP contribution is 2.27. The van der Waals surface area contributed by atoms with Gasteiger partial charge in [-0.1, -0.05) is 36.4 Å². The van der Waals surface area contributed by atoms with Crippen molar-refractivity contribution < 1.29 is 13.2 Å².